The number of aromatic nitrogens is 3. The molecule has 0 aliphatic rings. The van der Waals surface area contributed by atoms with E-state index in [1.807, 2.05) is 6.07 Å². The number of pyridine rings is 1. The van der Waals surface area contributed by atoms with Crippen LogP contribution in [0.2, 0.25) is 0 Å². The summed E-state index contributed by atoms with van der Waals surface area (Å²) in [4.78, 5) is 43.1. The van der Waals surface area contributed by atoms with Crippen LogP contribution in [0.1, 0.15) is 26.4 Å². The molecule has 0 bridgehead atoms. The molecule has 3 heterocycles. The van der Waals surface area contributed by atoms with Crippen LogP contribution in [0.4, 0.5) is 4.39 Å². The molecule has 0 unspecified atom stereocenters. The predicted molar refractivity (Wildman–Crippen MR) is 119 cm³/mol. The number of hydrogen-bond acceptors (Lipinski definition) is 5. The molecule has 1 amide bonds. The quantitative estimate of drug-likeness (QED) is 0.454. The maximum absolute atomic E-state index is 13.5. The first-order valence-corrected chi connectivity index (χ1v) is 10.8. The van der Waals surface area contributed by atoms with Crippen LogP contribution in [0.25, 0.3) is 4.83 Å². The largest absolute Gasteiger partial charge is 0.347 e. The van der Waals surface area contributed by atoms with E-state index in [2.05, 4.69) is 26.2 Å². The minimum Gasteiger partial charge on any atom is -0.347 e. The van der Waals surface area contributed by atoms with E-state index in [0.717, 1.165) is 21.5 Å². The van der Waals surface area contributed by atoms with E-state index in [1.54, 1.807) is 25.4 Å². The zero-order valence-corrected chi connectivity index (χ0v) is 18.7. The summed E-state index contributed by atoms with van der Waals surface area (Å²) < 4.78 is 16.1. The number of amides is 1. The van der Waals surface area contributed by atoms with Crippen molar-refractivity contribution in [2.45, 2.75) is 20.0 Å². The highest BCUT2D eigenvalue weighted by Gasteiger charge is 2.18. The van der Waals surface area contributed by atoms with Gasteiger partial charge in [0, 0.05) is 30.7 Å². The molecular weight excluding hydrogens is 487 g/mol. The van der Waals surface area contributed by atoms with E-state index in [-0.39, 0.29) is 16.9 Å². The number of carbonyl (C=O) groups excluding carboxylic acids is 1. The molecule has 4 aromatic rings. The first-order valence-electron chi connectivity index (χ1n) is 9.22. The molecule has 10 heteroatoms. The van der Waals surface area contributed by atoms with E-state index < -0.39 is 17.1 Å². The lowest BCUT2D eigenvalue weighted by molar-refractivity contribution is 0.0954. The number of hydrogen-bond donors (Lipinski definition) is 1. The van der Waals surface area contributed by atoms with Crippen molar-refractivity contribution in [2.24, 2.45) is 0 Å². The minimum atomic E-state index is -0.561. The second-order valence-electron chi connectivity index (χ2n) is 6.86. The van der Waals surface area contributed by atoms with Gasteiger partial charge >= 0.3 is 5.69 Å². The molecule has 0 aliphatic carbocycles. The first kappa shape index (κ1) is 21.1. The molecule has 0 atom stereocenters. The fourth-order valence-corrected chi connectivity index (χ4v) is 4.53. The fraction of sp³-hybridized carbons (Fsp3) is 0.143. The van der Waals surface area contributed by atoms with E-state index >= 15 is 0 Å². The Balaban J connectivity index is 1.67. The van der Waals surface area contributed by atoms with Crippen LogP contribution in [0.5, 0.6) is 0 Å². The topological polar surface area (TPSA) is 85.5 Å². The summed E-state index contributed by atoms with van der Waals surface area (Å²) in [6.45, 7) is 1.89. The SMILES string of the molecule is Cc1c(=O)n(Cc2ccc(F)c(Br)c2)c(=O)n2cc(C(=O)NCc3cccnc3)sc12. The monoisotopic (exact) mass is 502 g/mol. The lowest BCUT2D eigenvalue weighted by Gasteiger charge is -2.08. The Morgan fingerprint density at radius 1 is 1.26 bits per heavy atom. The lowest BCUT2D eigenvalue weighted by atomic mass is 10.2. The van der Waals surface area contributed by atoms with E-state index in [4.69, 9.17) is 0 Å². The number of aryl methyl sites for hydroxylation is 1. The Morgan fingerprint density at radius 3 is 2.77 bits per heavy atom. The number of rotatable bonds is 5. The number of nitrogens with zero attached hydrogens (tertiary/aromatic N) is 3. The smallest absolute Gasteiger partial charge is 0.336 e. The molecule has 0 spiro atoms. The number of halogens is 2. The fourth-order valence-electron chi connectivity index (χ4n) is 3.10. The van der Waals surface area contributed by atoms with Crippen LogP contribution in [0, 0.1) is 12.7 Å². The predicted octanol–water partition coefficient (Wildman–Crippen LogP) is 3.11. The van der Waals surface area contributed by atoms with Gasteiger partial charge in [0.15, 0.2) is 0 Å². The van der Waals surface area contributed by atoms with Gasteiger partial charge in [-0.1, -0.05) is 12.1 Å². The van der Waals surface area contributed by atoms with Crippen molar-refractivity contribution in [2.75, 3.05) is 0 Å². The Bertz CT molecular complexity index is 1410. The minimum absolute atomic E-state index is 0.0152. The van der Waals surface area contributed by atoms with Crippen molar-refractivity contribution < 1.29 is 9.18 Å². The third kappa shape index (κ3) is 4.21. The van der Waals surface area contributed by atoms with Crippen molar-refractivity contribution in [1.82, 2.24) is 19.3 Å². The van der Waals surface area contributed by atoms with Crippen molar-refractivity contribution in [3.63, 3.8) is 0 Å². The molecule has 0 aliphatic heterocycles. The third-order valence-corrected chi connectivity index (χ3v) is 6.53. The van der Waals surface area contributed by atoms with E-state index in [9.17, 15) is 18.8 Å². The van der Waals surface area contributed by atoms with Crippen molar-refractivity contribution in [3.8, 4) is 0 Å². The zero-order chi connectivity index (χ0) is 22.1. The van der Waals surface area contributed by atoms with Gasteiger partial charge in [0.2, 0.25) is 0 Å². The summed E-state index contributed by atoms with van der Waals surface area (Å²) >= 11 is 4.19. The molecule has 3 aromatic heterocycles. The first-order chi connectivity index (χ1) is 14.8. The van der Waals surface area contributed by atoms with Gasteiger partial charge in [-0.3, -0.25) is 23.5 Å². The van der Waals surface area contributed by atoms with Crippen LogP contribution in [-0.2, 0) is 13.1 Å². The van der Waals surface area contributed by atoms with Crippen molar-refractivity contribution in [1.29, 1.82) is 0 Å². The summed E-state index contributed by atoms with van der Waals surface area (Å²) in [5, 5.41) is 2.79. The van der Waals surface area contributed by atoms with Crippen LogP contribution in [-0.4, -0.2) is 19.9 Å². The Morgan fingerprint density at radius 2 is 2.06 bits per heavy atom. The average Bonchev–Trinajstić information content (AvgIpc) is 3.23. The number of fused-ring (bicyclic) bond motifs is 1. The molecule has 0 saturated carbocycles. The normalized spacial score (nSPS) is 11.1. The highest BCUT2D eigenvalue weighted by atomic mass is 79.9. The van der Waals surface area contributed by atoms with Crippen LogP contribution in [0.3, 0.4) is 0 Å². The number of carbonyl (C=O) groups is 1. The van der Waals surface area contributed by atoms with Gasteiger partial charge < -0.3 is 5.32 Å². The number of thiazole rings is 1. The number of benzene rings is 1. The maximum atomic E-state index is 13.5. The lowest BCUT2D eigenvalue weighted by Crippen LogP contribution is -2.38. The van der Waals surface area contributed by atoms with Gasteiger partial charge in [-0.05, 0) is 52.2 Å². The maximum Gasteiger partial charge on any atom is 0.336 e. The van der Waals surface area contributed by atoms with Crippen LogP contribution in [0.15, 0.2) is 63.0 Å². The van der Waals surface area contributed by atoms with E-state index in [0.29, 0.717) is 27.4 Å². The average molecular weight is 503 g/mol. The Kier molecular flexibility index (Phi) is 5.84. The molecule has 0 fully saturated rings. The van der Waals surface area contributed by atoms with Gasteiger partial charge in [-0.15, -0.1) is 11.3 Å². The van der Waals surface area contributed by atoms with Crippen LogP contribution >= 0.6 is 27.3 Å². The Hall–Kier alpha value is -3.11. The third-order valence-electron chi connectivity index (χ3n) is 4.72. The summed E-state index contributed by atoms with van der Waals surface area (Å²) in [6, 6.07) is 7.92. The molecule has 1 aromatic carbocycles. The summed E-state index contributed by atoms with van der Waals surface area (Å²) in [7, 11) is 0. The molecule has 7 nitrogen and oxygen atoms in total. The molecule has 158 valence electrons. The molecule has 1 N–H and O–H groups in total. The standard InChI is InChI=1S/C21H16BrFN4O3S/c1-12-19(29)26(10-13-4-5-16(23)15(22)7-13)21(30)27-11-17(31-20(12)27)18(28)25-9-14-3-2-6-24-8-14/h2-8,11H,9-10H2,1H3,(H,25,28). The van der Waals surface area contributed by atoms with Gasteiger partial charge in [0.25, 0.3) is 11.5 Å². The molecule has 4 rings (SSSR count). The summed E-state index contributed by atoms with van der Waals surface area (Å²) in [5.41, 5.74) is 0.784. The van der Waals surface area contributed by atoms with Gasteiger partial charge in [-0.2, -0.15) is 0 Å². The molecule has 0 radical (unpaired) electrons. The Labute approximate surface area is 187 Å². The summed E-state index contributed by atoms with van der Waals surface area (Å²) in [5.74, 6) is -0.781. The van der Waals surface area contributed by atoms with Gasteiger partial charge in [0.05, 0.1) is 11.0 Å². The highest BCUT2D eigenvalue weighted by Crippen LogP contribution is 2.19. The van der Waals surface area contributed by atoms with Gasteiger partial charge in [-0.25, -0.2) is 9.18 Å². The highest BCUT2D eigenvalue weighted by molar-refractivity contribution is 9.10. The van der Waals surface area contributed by atoms with E-state index in [1.165, 1.54) is 28.8 Å². The van der Waals surface area contributed by atoms with Crippen LogP contribution < -0.4 is 16.6 Å². The second kappa shape index (κ2) is 8.56. The summed E-state index contributed by atoms with van der Waals surface area (Å²) in [6.07, 6.45) is 4.73. The zero-order valence-electron chi connectivity index (χ0n) is 16.3. The second-order valence-corrected chi connectivity index (χ2v) is 8.75. The molecule has 31 heavy (non-hydrogen) atoms. The van der Waals surface area contributed by atoms with Crippen molar-refractivity contribution in [3.05, 3.63) is 102 Å². The van der Waals surface area contributed by atoms with Crippen molar-refractivity contribution >= 4 is 38.0 Å². The van der Waals surface area contributed by atoms with Gasteiger partial charge in [0.1, 0.15) is 15.5 Å². The molecular formula is C21H16BrFN4O3S. The number of nitrogens with one attached hydrogen (secondary N) is 1. The molecule has 0 saturated heterocycles.